The van der Waals surface area contributed by atoms with Crippen LogP contribution < -0.4 is 5.32 Å². The topological polar surface area (TPSA) is 99.3 Å². The molecule has 8 heteroatoms. The van der Waals surface area contributed by atoms with Gasteiger partial charge in [-0.1, -0.05) is 42.5 Å². The van der Waals surface area contributed by atoms with Crippen LogP contribution in [0.3, 0.4) is 0 Å². The fourth-order valence-corrected chi connectivity index (χ4v) is 2.58. The van der Waals surface area contributed by atoms with E-state index in [1.807, 2.05) is 30.3 Å². The molecule has 0 radical (unpaired) electrons. The Labute approximate surface area is 155 Å². The molecule has 0 saturated carbocycles. The second-order valence-electron chi connectivity index (χ2n) is 5.68. The Morgan fingerprint density at radius 3 is 2.59 bits per heavy atom. The molecule has 0 amide bonds. The van der Waals surface area contributed by atoms with E-state index < -0.39 is 10.9 Å². The lowest BCUT2D eigenvalue weighted by Crippen LogP contribution is -2.09. The second-order valence-corrected chi connectivity index (χ2v) is 5.68. The first-order valence-corrected chi connectivity index (χ1v) is 8.38. The number of benzene rings is 2. The monoisotopic (exact) mass is 366 g/mol. The van der Waals surface area contributed by atoms with Crippen molar-refractivity contribution in [3.05, 3.63) is 82.0 Å². The van der Waals surface area contributed by atoms with E-state index in [0.717, 1.165) is 5.56 Å². The number of carbonyl (C=O) groups excluding carboxylic acids is 1. The van der Waals surface area contributed by atoms with Gasteiger partial charge < -0.3 is 10.1 Å². The fourth-order valence-electron chi connectivity index (χ4n) is 2.58. The van der Waals surface area contributed by atoms with Gasteiger partial charge >= 0.3 is 5.97 Å². The number of rotatable bonds is 7. The molecule has 0 unspecified atom stereocenters. The summed E-state index contributed by atoms with van der Waals surface area (Å²) < 4.78 is 6.59. The summed E-state index contributed by atoms with van der Waals surface area (Å²) in [5.74, 6) is -0.0915. The van der Waals surface area contributed by atoms with E-state index in [0.29, 0.717) is 18.1 Å². The van der Waals surface area contributed by atoms with Gasteiger partial charge in [0.2, 0.25) is 0 Å². The molecule has 0 fully saturated rings. The van der Waals surface area contributed by atoms with Crippen LogP contribution in [-0.2, 0) is 11.3 Å². The van der Waals surface area contributed by atoms with Crippen LogP contribution in [0.2, 0.25) is 0 Å². The van der Waals surface area contributed by atoms with Gasteiger partial charge in [0, 0.05) is 12.1 Å². The number of ether oxygens (including phenoxy) is 1. The van der Waals surface area contributed by atoms with Crippen molar-refractivity contribution in [1.82, 2.24) is 9.78 Å². The lowest BCUT2D eigenvalue weighted by atomic mass is 10.2. The van der Waals surface area contributed by atoms with Crippen LogP contribution in [0.4, 0.5) is 17.2 Å². The Kier molecular flexibility index (Phi) is 5.46. The zero-order valence-electron chi connectivity index (χ0n) is 14.7. The predicted molar refractivity (Wildman–Crippen MR) is 100 cm³/mol. The molecule has 0 aliphatic heterocycles. The number of nitro groups is 1. The Morgan fingerprint density at radius 2 is 1.89 bits per heavy atom. The van der Waals surface area contributed by atoms with Gasteiger partial charge in [-0.2, -0.15) is 5.10 Å². The van der Waals surface area contributed by atoms with Crippen LogP contribution >= 0.6 is 0 Å². The molecule has 0 aliphatic carbocycles. The number of esters is 1. The minimum absolute atomic E-state index is 0.0670. The predicted octanol–water partition coefficient (Wildman–Crippen LogP) is 3.76. The highest BCUT2D eigenvalue weighted by atomic mass is 16.6. The zero-order valence-corrected chi connectivity index (χ0v) is 14.7. The Balaban J connectivity index is 1.97. The van der Waals surface area contributed by atoms with Gasteiger partial charge in [0.15, 0.2) is 5.69 Å². The third-order valence-corrected chi connectivity index (χ3v) is 3.80. The highest BCUT2D eigenvalue weighted by Gasteiger charge is 2.19. The van der Waals surface area contributed by atoms with Gasteiger partial charge in [0.1, 0.15) is 11.5 Å². The lowest BCUT2D eigenvalue weighted by Gasteiger charge is -2.10. The minimum atomic E-state index is -0.546. The first-order valence-electron chi connectivity index (χ1n) is 8.38. The molecule has 0 saturated heterocycles. The molecule has 3 rings (SSSR count). The molecule has 0 bridgehead atoms. The Morgan fingerprint density at radius 1 is 1.19 bits per heavy atom. The summed E-state index contributed by atoms with van der Waals surface area (Å²) in [6.07, 6.45) is 0. The largest absolute Gasteiger partial charge is 0.461 e. The normalized spacial score (nSPS) is 10.4. The van der Waals surface area contributed by atoms with E-state index in [9.17, 15) is 14.9 Å². The van der Waals surface area contributed by atoms with Crippen molar-refractivity contribution < 1.29 is 14.5 Å². The molecule has 0 spiro atoms. The molecule has 0 aliphatic rings. The smallest absolute Gasteiger partial charge is 0.358 e. The standard InChI is InChI=1S/C19H18N4O4/c1-2-27-19(24)16-12-18(20-15-10-6-7-11-17(15)23(25)26)22(21-16)13-14-8-4-3-5-9-14/h3-12,20H,2,13H2,1H3. The first-order chi connectivity index (χ1) is 13.1. The number of aromatic nitrogens is 2. The van der Waals surface area contributed by atoms with Crippen molar-refractivity contribution in [3.63, 3.8) is 0 Å². The molecule has 3 aromatic rings. The molecule has 1 aromatic heterocycles. The number of para-hydroxylation sites is 2. The van der Waals surface area contributed by atoms with Gasteiger partial charge in [-0.3, -0.25) is 10.1 Å². The van der Waals surface area contributed by atoms with Gasteiger partial charge in [0.05, 0.1) is 18.1 Å². The number of hydrogen-bond donors (Lipinski definition) is 1. The molecule has 8 nitrogen and oxygen atoms in total. The number of nitro benzene ring substituents is 1. The lowest BCUT2D eigenvalue weighted by molar-refractivity contribution is -0.383. The summed E-state index contributed by atoms with van der Waals surface area (Å²) in [4.78, 5) is 22.8. The summed E-state index contributed by atoms with van der Waals surface area (Å²) in [6.45, 7) is 2.34. The number of nitrogens with zero attached hydrogens (tertiary/aromatic N) is 3. The molecule has 27 heavy (non-hydrogen) atoms. The van der Waals surface area contributed by atoms with Gasteiger partial charge in [-0.25, -0.2) is 9.48 Å². The highest BCUT2D eigenvalue weighted by molar-refractivity contribution is 5.88. The van der Waals surface area contributed by atoms with Crippen LogP contribution in [0.5, 0.6) is 0 Å². The average molecular weight is 366 g/mol. The highest BCUT2D eigenvalue weighted by Crippen LogP contribution is 2.28. The first kappa shape index (κ1) is 18.1. The maximum absolute atomic E-state index is 12.1. The van der Waals surface area contributed by atoms with Crippen molar-refractivity contribution >= 4 is 23.2 Å². The number of hydrogen-bond acceptors (Lipinski definition) is 6. The maximum Gasteiger partial charge on any atom is 0.358 e. The SMILES string of the molecule is CCOC(=O)c1cc(Nc2ccccc2[N+](=O)[O-])n(Cc2ccccc2)n1. The van der Waals surface area contributed by atoms with Crippen LogP contribution in [-0.4, -0.2) is 27.3 Å². The quantitative estimate of drug-likeness (QED) is 0.388. The van der Waals surface area contributed by atoms with Crippen molar-refractivity contribution in [2.45, 2.75) is 13.5 Å². The zero-order chi connectivity index (χ0) is 19.2. The van der Waals surface area contributed by atoms with Crippen molar-refractivity contribution in [1.29, 1.82) is 0 Å². The van der Waals surface area contributed by atoms with Crippen molar-refractivity contribution in [3.8, 4) is 0 Å². The molecular formula is C19H18N4O4. The third kappa shape index (κ3) is 4.30. The number of carbonyl (C=O) groups is 1. The van der Waals surface area contributed by atoms with Gasteiger partial charge in [0.25, 0.3) is 5.69 Å². The Hall–Kier alpha value is -3.68. The minimum Gasteiger partial charge on any atom is -0.461 e. The van der Waals surface area contributed by atoms with Crippen LogP contribution in [0, 0.1) is 10.1 Å². The van der Waals surface area contributed by atoms with Gasteiger partial charge in [-0.05, 0) is 18.6 Å². The van der Waals surface area contributed by atoms with Crippen LogP contribution in [0.1, 0.15) is 23.0 Å². The van der Waals surface area contributed by atoms with E-state index in [-0.39, 0.29) is 18.0 Å². The summed E-state index contributed by atoms with van der Waals surface area (Å²) >= 11 is 0. The molecule has 0 atom stereocenters. The second kappa shape index (κ2) is 8.13. The van der Waals surface area contributed by atoms with E-state index in [1.165, 1.54) is 12.1 Å². The molecular weight excluding hydrogens is 348 g/mol. The van der Waals surface area contributed by atoms with Crippen molar-refractivity contribution in [2.75, 3.05) is 11.9 Å². The van der Waals surface area contributed by atoms with Gasteiger partial charge in [-0.15, -0.1) is 0 Å². The fraction of sp³-hybridized carbons (Fsp3) is 0.158. The molecule has 138 valence electrons. The Bertz CT molecular complexity index is 953. The van der Waals surface area contributed by atoms with Crippen molar-refractivity contribution in [2.24, 2.45) is 0 Å². The van der Waals surface area contributed by atoms with Crippen LogP contribution in [0.25, 0.3) is 0 Å². The number of anilines is 2. The number of nitrogens with one attached hydrogen (secondary N) is 1. The van der Waals surface area contributed by atoms with E-state index in [2.05, 4.69) is 10.4 Å². The summed E-state index contributed by atoms with van der Waals surface area (Å²) in [5, 5.41) is 18.6. The summed E-state index contributed by atoms with van der Waals surface area (Å²) in [6, 6.07) is 17.4. The van der Waals surface area contributed by atoms with Crippen LogP contribution in [0.15, 0.2) is 60.7 Å². The summed E-state index contributed by atoms with van der Waals surface area (Å²) in [7, 11) is 0. The van der Waals surface area contributed by atoms with E-state index >= 15 is 0 Å². The van der Waals surface area contributed by atoms with E-state index in [1.54, 1.807) is 29.8 Å². The summed E-state index contributed by atoms with van der Waals surface area (Å²) in [5.41, 5.74) is 1.35. The maximum atomic E-state index is 12.1. The average Bonchev–Trinajstić information content (AvgIpc) is 3.05. The molecule has 2 aromatic carbocycles. The third-order valence-electron chi connectivity index (χ3n) is 3.80. The molecule has 1 N–H and O–H groups in total. The van der Waals surface area contributed by atoms with E-state index in [4.69, 9.17) is 4.74 Å². The molecule has 1 heterocycles.